The fourth-order valence-corrected chi connectivity index (χ4v) is 2.12. The molecule has 1 amide bonds. The monoisotopic (exact) mass is 318 g/mol. The number of aliphatic carboxylic acids is 2. The Morgan fingerprint density at radius 2 is 1.64 bits per heavy atom. The molecule has 8 heteroatoms. The molecule has 0 heterocycles. The molecule has 128 valence electrons. The number of hydrogen-bond acceptors (Lipinski definition) is 5. The van der Waals surface area contributed by atoms with Gasteiger partial charge in [-0.3, -0.25) is 4.79 Å². The SMILES string of the molecule is CC(C)(N)C(=O)NCC[C@@H]1CCCC[C@H]1O.O=C(O)C(=O)O. The van der Waals surface area contributed by atoms with E-state index in [9.17, 15) is 9.90 Å². The Kier molecular flexibility index (Phi) is 8.66. The highest BCUT2D eigenvalue weighted by atomic mass is 16.4. The van der Waals surface area contributed by atoms with Gasteiger partial charge in [0, 0.05) is 6.54 Å². The van der Waals surface area contributed by atoms with Gasteiger partial charge >= 0.3 is 11.9 Å². The first-order chi connectivity index (χ1) is 10.1. The van der Waals surface area contributed by atoms with E-state index in [4.69, 9.17) is 25.5 Å². The van der Waals surface area contributed by atoms with Gasteiger partial charge in [-0.1, -0.05) is 12.8 Å². The van der Waals surface area contributed by atoms with E-state index in [0.29, 0.717) is 12.5 Å². The fourth-order valence-electron chi connectivity index (χ4n) is 2.12. The Morgan fingerprint density at radius 1 is 1.14 bits per heavy atom. The number of rotatable bonds is 4. The first-order valence-electron chi connectivity index (χ1n) is 7.27. The van der Waals surface area contributed by atoms with Gasteiger partial charge in [0.2, 0.25) is 5.91 Å². The molecule has 0 unspecified atom stereocenters. The van der Waals surface area contributed by atoms with E-state index in [0.717, 1.165) is 25.7 Å². The number of carboxylic acid groups (broad SMARTS) is 2. The van der Waals surface area contributed by atoms with Crippen LogP contribution in [0.4, 0.5) is 0 Å². The maximum atomic E-state index is 11.5. The number of hydrogen-bond donors (Lipinski definition) is 5. The number of carbonyl (C=O) groups is 3. The summed E-state index contributed by atoms with van der Waals surface area (Å²) in [5.41, 5.74) is 4.85. The zero-order valence-corrected chi connectivity index (χ0v) is 13.0. The highest BCUT2D eigenvalue weighted by Crippen LogP contribution is 2.26. The summed E-state index contributed by atoms with van der Waals surface area (Å²) in [5, 5.41) is 27.4. The molecule has 1 rings (SSSR count). The van der Waals surface area contributed by atoms with Gasteiger partial charge in [0.1, 0.15) is 0 Å². The quantitative estimate of drug-likeness (QED) is 0.455. The standard InChI is InChI=1S/C12H24N2O2.C2H2O4/c1-12(2,13)11(16)14-8-7-9-5-3-4-6-10(9)15;3-1(4)2(5)6/h9-10,15H,3-8,13H2,1-2H3,(H,14,16);(H,3,4)(H,5,6)/t9-,10+;/m0./s1. The molecule has 2 atom stereocenters. The van der Waals surface area contributed by atoms with Crippen LogP contribution in [-0.2, 0) is 14.4 Å². The maximum Gasteiger partial charge on any atom is 0.414 e. The Bertz CT molecular complexity index is 379. The Balaban J connectivity index is 0.000000626. The number of nitrogens with two attached hydrogens (primary N) is 1. The lowest BCUT2D eigenvalue weighted by atomic mass is 9.84. The summed E-state index contributed by atoms with van der Waals surface area (Å²) in [4.78, 5) is 29.7. The predicted molar refractivity (Wildman–Crippen MR) is 79.1 cm³/mol. The molecule has 1 saturated carbocycles. The number of amides is 1. The Morgan fingerprint density at radius 3 is 2.05 bits per heavy atom. The van der Waals surface area contributed by atoms with Gasteiger partial charge in [0.25, 0.3) is 0 Å². The molecule has 0 radical (unpaired) electrons. The first-order valence-corrected chi connectivity index (χ1v) is 7.27. The van der Waals surface area contributed by atoms with Crippen LogP contribution in [0.2, 0.25) is 0 Å². The third-order valence-electron chi connectivity index (χ3n) is 3.44. The molecule has 6 N–H and O–H groups in total. The van der Waals surface area contributed by atoms with Crippen molar-refractivity contribution in [3.05, 3.63) is 0 Å². The highest BCUT2D eigenvalue weighted by Gasteiger charge is 2.24. The predicted octanol–water partition coefficient (Wildman–Crippen LogP) is -0.0633. The molecule has 1 fully saturated rings. The number of aliphatic hydroxyl groups excluding tert-OH is 1. The van der Waals surface area contributed by atoms with Gasteiger partial charge in [-0.05, 0) is 39.0 Å². The van der Waals surface area contributed by atoms with Crippen LogP contribution >= 0.6 is 0 Å². The number of carboxylic acids is 2. The van der Waals surface area contributed by atoms with E-state index in [-0.39, 0.29) is 12.0 Å². The summed E-state index contributed by atoms with van der Waals surface area (Å²) in [6, 6.07) is 0. The van der Waals surface area contributed by atoms with Crippen LogP contribution in [0.15, 0.2) is 0 Å². The Hall–Kier alpha value is -1.67. The van der Waals surface area contributed by atoms with E-state index in [2.05, 4.69) is 5.32 Å². The number of carbonyl (C=O) groups excluding carboxylic acids is 1. The van der Waals surface area contributed by atoms with E-state index in [1.54, 1.807) is 13.8 Å². The molecule has 0 aromatic rings. The number of aliphatic hydroxyl groups is 1. The normalized spacial score (nSPS) is 21.3. The number of nitrogens with one attached hydrogen (secondary N) is 1. The smallest absolute Gasteiger partial charge is 0.414 e. The zero-order valence-electron chi connectivity index (χ0n) is 13.0. The summed E-state index contributed by atoms with van der Waals surface area (Å²) in [7, 11) is 0. The van der Waals surface area contributed by atoms with Crippen LogP contribution in [0.25, 0.3) is 0 Å². The highest BCUT2D eigenvalue weighted by molar-refractivity contribution is 6.27. The summed E-state index contributed by atoms with van der Waals surface area (Å²) in [6.07, 6.45) is 4.96. The van der Waals surface area contributed by atoms with Gasteiger partial charge in [0.05, 0.1) is 11.6 Å². The van der Waals surface area contributed by atoms with E-state index in [1.165, 1.54) is 6.42 Å². The lowest BCUT2D eigenvalue weighted by molar-refractivity contribution is -0.159. The minimum absolute atomic E-state index is 0.127. The molecule has 0 bridgehead atoms. The van der Waals surface area contributed by atoms with E-state index in [1.807, 2.05) is 0 Å². The molecule has 0 aromatic heterocycles. The summed E-state index contributed by atoms with van der Waals surface area (Å²) in [5.74, 6) is -3.43. The lowest BCUT2D eigenvalue weighted by Crippen LogP contribution is -2.49. The van der Waals surface area contributed by atoms with Gasteiger partial charge in [-0.2, -0.15) is 0 Å². The molecule has 0 aromatic carbocycles. The third kappa shape index (κ3) is 8.58. The van der Waals surface area contributed by atoms with Crippen LogP contribution in [0, 0.1) is 5.92 Å². The molecular formula is C14H26N2O6. The van der Waals surface area contributed by atoms with Crippen molar-refractivity contribution in [1.82, 2.24) is 5.32 Å². The van der Waals surface area contributed by atoms with Gasteiger partial charge in [-0.25, -0.2) is 9.59 Å². The van der Waals surface area contributed by atoms with Gasteiger partial charge < -0.3 is 26.4 Å². The second-order valence-corrected chi connectivity index (χ2v) is 5.99. The second-order valence-electron chi connectivity index (χ2n) is 5.99. The average molecular weight is 318 g/mol. The summed E-state index contributed by atoms with van der Waals surface area (Å²) < 4.78 is 0. The van der Waals surface area contributed by atoms with Crippen molar-refractivity contribution in [2.75, 3.05) is 6.54 Å². The van der Waals surface area contributed by atoms with Crippen LogP contribution < -0.4 is 11.1 Å². The molecule has 8 nitrogen and oxygen atoms in total. The van der Waals surface area contributed by atoms with Crippen molar-refractivity contribution in [3.63, 3.8) is 0 Å². The molecule has 0 aliphatic heterocycles. The lowest BCUT2D eigenvalue weighted by Gasteiger charge is -2.28. The Labute approximate surface area is 129 Å². The zero-order chi connectivity index (χ0) is 17.3. The largest absolute Gasteiger partial charge is 0.473 e. The van der Waals surface area contributed by atoms with Crippen LogP contribution in [0.1, 0.15) is 46.0 Å². The van der Waals surface area contributed by atoms with Gasteiger partial charge in [0.15, 0.2) is 0 Å². The van der Waals surface area contributed by atoms with Crippen molar-refractivity contribution < 1.29 is 29.7 Å². The van der Waals surface area contributed by atoms with Crippen LogP contribution in [0.3, 0.4) is 0 Å². The van der Waals surface area contributed by atoms with Crippen molar-refractivity contribution in [2.24, 2.45) is 11.7 Å². The van der Waals surface area contributed by atoms with Crippen molar-refractivity contribution in [2.45, 2.75) is 57.6 Å². The van der Waals surface area contributed by atoms with E-state index >= 15 is 0 Å². The molecular weight excluding hydrogens is 292 g/mol. The van der Waals surface area contributed by atoms with Crippen molar-refractivity contribution in [3.8, 4) is 0 Å². The first kappa shape index (κ1) is 20.3. The molecule has 1 aliphatic rings. The summed E-state index contributed by atoms with van der Waals surface area (Å²) >= 11 is 0. The second kappa shape index (κ2) is 9.37. The average Bonchev–Trinajstić information content (AvgIpc) is 2.40. The molecule has 0 spiro atoms. The minimum atomic E-state index is -1.82. The minimum Gasteiger partial charge on any atom is -0.473 e. The van der Waals surface area contributed by atoms with E-state index < -0.39 is 17.5 Å². The third-order valence-corrected chi connectivity index (χ3v) is 3.44. The van der Waals surface area contributed by atoms with Crippen LogP contribution in [-0.4, -0.2) is 51.4 Å². The molecule has 1 aliphatic carbocycles. The van der Waals surface area contributed by atoms with Crippen molar-refractivity contribution >= 4 is 17.8 Å². The maximum absolute atomic E-state index is 11.5. The molecule has 0 saturated heterocycles. The van der Waals surface area contributed by atoms with Crippen molar-refractivity contribution in [1.29, 1.82) is 0 Å². The summed E-state index contributed by atoms with van der Waals surface area (Å²) in [6.45, 7) is 4.00. The topological polar surface area (TPSA) is 150 Å². The molecule has 22 heavy (non-hydrogen) atoms. The van der Waals surface area contributed by atoms with Gasteiger partial charge in [-0.15, -0.1) is 0 Å². The fraction of sp³-hybridized carbons (Fsp3) is 0.786. The van der Waals surface area contributed by atoms with Crippen LogP contribution in [0.5, 0.6) is 0 Å².